The Kier molecular flexibility index (Phi) is 4.85. The Hall–Kier alpha value is -3.16. The number of aryl methyl sites for hydroxylation is 1. The summed E-state index contributed by atoms with van der Waals surface area (Å²) in [5, 5.41) is 17.8. The number of hydrogen-bond donors (Lipinski definition) is 2. The van der Waals surface area contributed by atoms with E-state index in [2.05, 4.69) is 25.9 Å². The van der Waals surface area contributed by atoms with Crippen molar-refractivity contribution in [3.05, 3.63) is 69.9 Å². The summed E-state index contributed by atoms with van der Waals surface area (Å²) >= 11 is 12.0. The van der Waals surface area contributed by atoms with Gasteiger partial charge in [-0.3, -0.25) is 4.79 Å². The number of carbonyl (C=O) groups excluding carboxylic acids is 1. The first-order valence-corrected chi connectivity index (χ1v) is 8.98. The van der Waals surface area contributed by atoms with E-state index >= 15 is 0 Å². The third-order valence-corrected chi connectivity index (χ3v) is 4.59. The number of aromatic amines is 1. The Morgan fingerprint density at radius 2 is 1.82 bits per heavy atom. The van der Waals surface area contributed by atoms with Crippen molar-refractivity contribution in [2.45, 2.75) is 6.92 Å². The van der Waals surface area contributed by atoms with Crippen molar-refractivity contribution in [3.63, 3.8) is 0 Å². The number of furan rings is 1. The highest BCUT2D eigenvalue weighted by Gasteiger charge is 2.19. The summed E-state index contributed by atoms with van der Waals surface area (Å²) in [7, 11) is 0. The van der Waals surface area contributed by atoms with Gasteiger partial charge in [-0.2, -0.15) is 5.21 Å². The summed E-state index contributed by atoms with van der Waals surface area (Å²) in [6.07, 6.45) is 0. The molecule has 2 N–H and O–H groups in total. The fourth-order valence-electron chi connectivity index (χ4n) is 2.74. The number of amides is 1. The second-order valence-corrected chi connectivity index (χ2v) is 6.84. The summed E-state index contributed by atoms with van der Waals surface area (Å²) in [5.74, 6) is 1.07. The van der Waals surface area contributed by atoms with E-state index in [-0.39, 0.29) is 5.91 Å². The van der Waals surface area contributed by atoms with Gasteiger partial charge in [0.1, 0.15) is 11.5 Å². The highest BCUT2D eigenvalue weighted by Crippen LogP contribution is 2.30. The fraction of sp³-hybridized carbons (Fsp3) is 0.0526. The number of nitrogens with zero attached hydrogens (tertiary/aromatic N) is 3. The van der Waals surface area contributed by atoms with Crippen molar-refractivity contribution in [1.29, 1.82) is 0 Å². The van der Waals surface area contributed by atoms with E-state index in [0.717, 1.165) is 5.56 Å². The first-order valence-electron chi connectivity index (χ1n) is 8.22. The Balaban J connectivity index is 1.65. The number of aromatic nitrogens is 4. The smallest absolute Gasteiger partial charge is 0.259 e. The first-order chi connectivity index (χ1) is 13.5. The number of benzene rings is 2. The Morgan fingerprint density at radius 3 is 2.54 bits per heavy atom. The zero-order chi connectivity index (χ0) is 19.7. The van der Waals surface area contributed by atoms with Crippen molar-refractivity contribution < 1.29 is 9.21 Å². The van der Waals surface area contributed by atoms with Gasteiger partial charge >= 0.3 is 0 Å². The van der Waals surface area contributed by atoms with E-state index in [4.69, 9.17) is 27.6 Å². The number of rotatable bonds is 4. The lowest BCUT2D eigenvalue weighted by atomic mass is 10.1. The van der Waals surface area contributed by atoms with Crippen LogP contribution in [0.1, 0.15) is 16.1 Å². The lowest BCUT2D eigenvalue weighted by Crippen LogP contribution is -2.13. The second kappa shape index (κ2) is 7.46. The largest absolute Gasteiger partial charge is 0.461 e. The molecule has 0 bridgehead atoms. The molecule has 0 aliphatic rings. The van der Waals surface area contributed by atoms with Crippen LogP contribution < -0.4 is 5.32 Å². The zero-order valence-corrected chi connectivity index (χ0v) is 16.0. The SMILES string of the molecule is Cc1oc(-c2ccc(Cl)cc2)cc1C(=O)Nc1cc(Cl)ccc1-c1nn[nH]n1. The van der Waals surface area contributed by atoms with Crippen LogP contribution in [0.4, 0.5) is 5.69 Å². The number of nitrogens with one attached hydrogen (secondary N) is 2. The van der Waals surface area contributed by atoms with E-state index in [1.807, 2.05) is 12.1 Å². The minimum Gasteiger partial charge on any atom is -0.461 e. The monoisotopic (exact) mass is 413 g/mol. The van der Waals surface area contributed by atoms with Crippen LogP contribution in [0.5, 0.6) is 0 Å². The lowest BCUT2D eigenvalue weighted by molar-refractivity contribution is 0.102. The van der Waals surface area contributed by atoms with Gasteiger partial charge in [0.05, 0.1) is 11.3 Å². The van der Waals surface area contributed by atoms with E-state index in [1.165, 1.54) is 0 Å². The van der Waals surface area contributed by atoms with Crippen LogP contribution in [-0.2, 0) is 0 Å². The van der Waals surface area contributed by atoms with Crippen molar-refractivity contribution in [3.8, 4) is 22.7 Å². The van der Waals surface area contributed by atoms with Crippen molar-refractivity contribution in [2.24, 2.45) is 0 Å². The molecular weight excluding hydrogens is 401 g/mol. The molecule has 4 rings (SSSR count). The molecule has 0 spiro atoms. The minimum absolute atomic E-state index is 0.339. The number of hydrogen-bond acceptors (Lipinski definition) is 5. The molecule has 28 heavy (non-hydrogen) atoms. The number of halogens is 2. The molecule has 0 unspecified atom stereocenters. The molecule has 4 aromatic rings. The van der Waals surface area contributed by atoms with E-state index < -0.39 is 0 Å². The van der Waals surface area contributed by atoms with Crippen LogP contribution in [0.2, 0.25) is 10.0 Å². The molecule has 2 heterocycles. The topological polar surface area (TPSA) is 96.7 Å². The van der Waals surface area contributed by atoms with Crippen LogP contribution >= 0.6 is 23.2 Å². The summed E-state index contributed by atoms with van der Waals surface area (Å²) in [6.45, 7) is 1.73. The molecule has 0 saturated heterocycles. The number of H-pyrrole nitrogens is 1. The zero-order valence-electron chi connectivity index (χ0n) is 14.5. The quantitative estimate of drug-likeness (QED) is 0.490. The average molecular weight is 414 g/mol. The Bertz CT molecular complexity index is 1140. The molecule has 2 aromatic heterocycles. The summed E-state index contributed by atoms with van der Waals surface area (Å²) in [6, 6.07) is 13.9. The highest BCUT2D eigenvalue weighted by atomic mass is 35.5. The van der Waals surface area contributed by atoms with Crippen LogP contribution in [0, 0.1) is 6.92 Å². The van der Waals surface area contributed by atoms with Gasteiger partial charge in [0.25, 0.3) is 5.91 Å². The van der Waals surface area contributed by atoms with Gasteiger partial charge < -0.3 is 9.73 Å². The third kappa shape index (κ3) is 3.62. The molecule has 1 amide bonds. The van der Waals surface area contributed by atoms with Crippen molar-refractivity contribution >= 4 is 34.8 Å². The van der Waals surface area contributed by atoms with Crippen LogP contribution in [-0.4, -0.2) is 26.5 Å². The van der Waals surface area contributed by atoms with E-state index in [0.29, 0.717) is 44.2 Å². The van der Waals surface area contributed by atoms with E-state index in [1.54, 1.807) is 43.3 Å². The molecule has 7 nitrogen and oxygen atoms in total. The van der Waals surface area contributed by atoms with Gasteiger partial charge in [-0.1, -0.05) is 23.2 Å². The van der Waals surface area contributed by atoms with Crippen LogP contribution in [0.25, 0.3) is 22.7 Å². The molecule has 9 heteroatoms. The summed E-state index contributed by atoms with van der Waals surface area (Å²) in [4.78, 5) is 12.9. The van der Waals surface area contributed by atoms with E-state index in [9.17, 15) is 4.79 Å². The molecule has 140 valence electrons. The van der Waals surface area contributed by atoms with Gasteiger partial charge in [0, 0.05) is 21.2 Å². The predicted octanol–water partition coefficient (Wildman–Crippen LogP) is 4.99. The normalized spacial score (nSPS) is 10.8. The molecule has 2 aromatic carbocycles. The van der Waals surface area contributed by atoms with Crippen molar-refractivity contribution in [1.82, 2.24) is 20.6 Å². The Morgan fingerprint density at radius 1 is 1.07 bits per heavy atom. The average Bonchev–Trinajstić information content (AvgIpc) is 3.32. The first kappa shape index (κ1) is 18.2. The summed E-state index contributed by atoms with van der Waals surface area (Å²) < 4.78 is 5.76. The van der Waals surface area contributed by atoms with Crippen molar-refractivity contribution in [2.75, 3.05) is 5.32 Å². The van der Waals surface area contributed by atoms with Gasteiger partial charge in [-0.05, 0) is 60.7 Å². The van der Waals surface area contributed by atoms with Gasteiger partial charge in [0.2, 0.25) is 5.82 Å². The molecule has 0 aliphatic heterocycles. The molecule has 0 fully saturated rings. The van der Waals surface area contributed by atoms with Gasteiger partial charge in [-0.25, -0.2) is 0 Å². The number of anilines is 1. The minimum atomic E-state index is -0.339. The maximum Gasteiger partial charge on any atom is 0.259 e. The van der Waals surface area contributed by atoms with Gasteiger partial charge in [0.15, 0.2) is 0 Å². The number of tetrazole rings is 1. The third-order valence-electron chi connectivity index (χ3n) is 4.11. The van der Waals surface area contributed by atoms with Gasteiger partial charge in [-0.15, -0.1) is 10.2 Å². The maximum absolute atomic E-state index is 12.9. The standard InChI is InChI=1S/C19H13Cl2N5O2/c1-10-15(9-17(28-10)11-2-4-12(20)5-3-11)19(27)22-16-8-13(21)6-7-14(16)18-23-25-26-24-18/h2-9H,1H3,(H,22,27)(H,23,24,25,26). The molecular formula is C19H13Cl2N5O2. The number of carbonyl (C=O) groups is 1. The molecule has 0 radical (unpaired) electrons. The highest BCUT2D eigenvalue weighted by molar-refractivity contribution is 6.31. The molecule has 0 saturated carbocycles. The lowest BCUT2D eigenvalue weighted by Gasteiger charge is -2.09. The maximum atomic E-state index is 12.9. The van der Waals surface area contributed by atoms with Crippen LogP contribution in [0.15, 0.2) is 52.9 Å². The summed E-state index contributed by atoms with van der Waals surface area (Å²) in [5.41, 5.74) is 2.28. The molecule has 0 aliphatic carbocycles. The predicted molar refractivity (Wildman–Crippen MR) is 106 cm³/mol. The second-order valence-electron chi connectivity index (χ2n) is 5.97. The fourth-order valence-corrected chi connectivity index (χ4v) is 3.04. The van der Waals surface area contributed by atoms with Crippen LogP contribution in [0.3, 0.4) is 0 Å². The Labute approximate surface area is 169 Å². The molecule has 0 atom stereocenters.